The zero-order valence-electron chi connectivity index (χ0n) is 42.8. The summed E-state index contributed by atoms with van der Waals surface area (Å²) in [5.74, 6) is -1.21. The Kier molecular flexibility index (Phi) is 15.8. The van der Waals surface area contributed by atoms with E-state index in [0.29, 0.717) is 25.7 Å². The van der Waals surface area contributed by atoms with Crippen LogP contribution >= 0.6 is 0 Å². The predicted molar refractivity (Wildman–Crippen MR) is 249 cm³/mol. The van der Waals surface area contributed by atoms with Crippen molar-refractivity contribution >= 4 is 11.9 Å². The van der Waals surface area contributed by atoms with E-state index in [1.807, 2.05) is 6.92 Å². The highest BCUT2D eigenvalue weighted by atomic mass is 16.7. The van der Waals surface area contributed by atoms with E-state index in [4.69, 9.17) is 33.2 Å². The topological polar surface area (TPSA) is 301 Å². The summed E-state index contributed by atoms with van der Waals surface area (Å²) in [6.45, 7) is 16.6. The number of carbonyl (C=O) groups excluding carboxylic acids is 2. The van der Waals surface area contributed by atoms with Gasteiger partial charge in [-0.15, -0.1) is 0 Å². The molecule has 23 atom stereocenters. The van der Waals surface area contributed by atoms with Crippen molar-refractivity contribution in [3.05, 3.63) is 11.6 Å². The highest BCUT2D eigenvalue weighted by molar-refractivity contribution is 5.79. The number of carbonyl (C=O) groups is 2. The molecule has 71 heavy (non-hydrogen) atoms. The van der Waals surface area contributed by atoms with Crippen LogP contribution in [0.15, 0.2) is 11.6 Å². The second kappa shape index (κ2) is 20.2. The zero-order chi connectivity index (χ0) is 52.0. The molecule has 0 aromatic rings. The molecular formula is C52H84O19. The molecular weight excluding hydrogens is 929 g/mol. The lowest BCUT2D eigenvalue weighted by Crippen LogP contribution is -2.67. The molecule has 3 aliphatic heterocycles. The maximum atomic E-state index is 14.7. The molecule has 8 aliphatic rings. The third-order valence-electron chi connectivity index (χ3n) is 20.0. The minimum absolute atomic E-state index is 0.0531. The van der Waals surface area contributed by atoms with Gasteiger partial charge in [-0.1, -0.05) is 73.5 Å². The number of allylic oxidation sites excluding steroid dienone is 2. The molecule has 0 bridgehead atoms. The van der Waals surface area contributed by atoms with Crippen LogP contribution in [0.5, 0.6) is 0 Å². The van der Waals surface area contributed by atoms with Crippen LogP contribution in [0, 0.1) is 50.2 Å². The summed E-state index contributed by atoms with van der Waals surface area (Å²) in [5.41, 5.74) is -0.889. The molecule has 8 rings (SSSR count). The third kappa shape index (κ3) is 9.17. The van der Waals surface area contributed by atoms with Crippen molar-refractivity contribution in [3.63, 3.8) is 0 Å². The fraction of sp³-hybridized carbons (Fsp3) is 0.923. The Morgan fingerprint density at radius 3 is 1.90 bits per heavy atom. The van der Waals surface area contributed by atoms with Crippen LogP contribution in [0.1, 0.15) is 132 Å². The van der Waals surface area contributed by atoms with Gasteiger partial charge in [0.15, 0.2) is 18.7 Å². The van der Waals surface area contributed by atoms with E-state index in [9.17, 15) is 60.7 Å². The van der Waals surface area contributed by atoms with Crippen LogP contribution in [-0.2, 0) is 42.7 Å². The van der Waals surface area contributed by atoms with Gasteiger partial charge >= 0.3 is 11.9 Å². The van der Waals surface area contributed by atoms with Crippen molar-refractivity contribution < 1.29 is 93.8 Å². The van der Waals surface area contributed by atoms with Crippen molar-refractivity contribution in [3.8, 4) is 0 Å². The fourth-order valence-electron chi connectivity index (χ4n) is 15.4. The lowest BCUT2D eigenvalue weighted by atomic mass is 9.33. The lowest BCUT2D eigenvalue weighted by Gasteiger charge is -2.71. The molecule has 3 heterocycles. The molecule has 19 heteroatoms. The molecule has 406 valence electrons. The van der Waals surface area contributed by atoms with Crippen LogP contribution in [0.25, 0.3) is 0 Å². The van der Waals surface area contributed by atoms with Gasteiger partial charge in [0, 0.05) is 0 Å². The van der Waals surface area contributed by atoms with E-state index in [2.05, 4.69) is 54.5 Å². The van der Waals surface area contributed by atoms with E-state index in [1.54, 1.807) is 0 Å². The Balaban J connectivity index is 1.04. The van der Waals surface area contributed by atoms with E-state index in [-0.39, 0.29) is 46.0 Å². The number of hydrogen-bond acceptors (Lipinski definition) is 19. The van der Waals surface area contributed by atoms with Gasteiger partial charge in [0.2, 0.25) is 6.29 Å². The summed E-state index contributed by atoms with van der Waals surface area (Å²) in [7, 11) is 0. The highest BCUT2D eigenvalue weighted by Crippen LogP contribution is 2.76. The molecule has 1 unspecified atom stereocenters. The van der Waals surface area contributed by atoms with Gasteiger partial charge in [0.25, 0.3) is 0 Å². The Bertz CT molecular complexity index is 1940. The van der Waals surface area contributed by atoms with Gasteiger partial charge in [-0.3, -0.25) is 4.79 Å². The molecule has 7 fully saturated rings. The molecule has 0 spiro atoms. The SMILES string of the molecule is CCCCOC(=O)[C@H]1O[C@@H](O[C@H]2CC[C@]3(C)[C@H]4CC=C5[C@@H]6CC(C)(C)CC[C@]6(C(=O)OC6O[C@H](CO)[C@@H](O)[C@H](O)[C@H]6O)CC[C@@]5(C)[C@]4(C)CC[C@H]3C2(C)C)[C@H](O)[C@@H](O[C@H]2O[C@@H](CO)[C@@H](O)[C@@H](O)[C@@H]2O)[C@@H]1O. The average Bonchev–Trinajstić information content (AvgIpc) is 3.32. The Hall–Kier alpha value is -1.92. The number of aliphatic hydroxyl groups excluding tert-OH is 10. The van der Waals surface area contributed by atoms with Gasteiger partial charge in [-0.05, 0) is 115 Å². The van der Waals surface area contributed by atoms with Crippen LogP contribution < -0.4 is 0 Å². The normalized spacial score (nSPS) is 50.3. The first-order chi connectivity index (χ1) is 33.3. The summed E-state index contributed by atoms with van der Waals surface area (Å²) in [6.07, 6.45) is -14.2. The molecule has 5 aliphatic carbocycles. The maximum Gasteiger partial charge on any atom is 0.338 e. The van der Waals surface area contributed by atoms with Gasteiger partial charge in [0.1, 0.15) is 67.1 Å². The summed E-state index contributed by atoms with van der Waals surface area (Å²) in [6, 6.07) is 0. The number of hydrogen-bond donors (Lipinski definition) is 10. The smallest absolute Gasteiger partial charge is 0.338 e. The van der Waals surface area contributed by atoms with E-state index < -0.39 is 134 Å². The molecule has 10 N–H and O–H groups in total. The van der Waals surface area contributed by atoms with Crippen LogP contribution in [-0.4, -0.2) is 181 Å². The average molecular weight is 1010 g/mol. The first-order valence-electron chi connectivity index (χ1n) is 26.3. The van der Waals surface area contributed by atoms with Crippen LogP contribution in [0.3, 0.4) is 0 Å². The van der Waals surface area contributed by atoms with Crippen molar-refractivity contribution in [1.82, 2.24) is 0 Å². The standard InChI is InChI=1S/C52H84O19/c1-9-10-21-65-42(63)41-38(61)40(69-43-36(59)34(57)32(55)27(23-53)66-43)39(62)45(70-41)68-31-14-15-49(6)29(48(31,4)5)13-16-51(8)30(49)12-11-25-26-22-47(2,3)17-19-52(26,20-18-50(25,51)7)46(64)71-44-37(60)35(58)33(56)28(24-54)67-44/h11,26-41,43-45,53-62H,9-10,12-24H2,1-8H3/t26-,27-,28+,29-,30+,31-,32+,33+,34+,35-,36-,37+,38-,39+,40-,41-,43+,44?,45+,49-,50+,51+,52-/m0/s1. The van der Waals surface area contributed by atoms with E-state index in [1.165, 1.54) is 5.57 Å². The monoisotopic (exact) mass is 1010 g/mol. The molecule has 3 saturated heterocycles. The molecule has 4 saturated carbocycles. The number of rotatable bonds is 12. The molecule has 0 aromatic carbocycles. The Labute approximate surface area is 417 Å². The minimum Gasteiger partial charge on any atom is -0.464 e. The van der Waals surface area contributed by atoms with Gasteiger partial charge < -0.3 is 84.2 Å². The first-order valence-corrected chi connectivity index (χ1v) is 26.3. The zero-order valence-corrected chi connectivity index (χ0v) is 42.8. The molecule has 0 aromatic heterocycles. The summed E-state index contributed by atoms with van der Waals surface area (Å²) in [5, 5.41) is 107. The third-order valence-corrected chi connectivity index (χ3v) is 20.0. The number of unbranched alkanes of at least 4 members (excludes halogenated alkanes) is 1. The number of ether oxygens (including phenoxy) is 7. The van der Waals surface area contributed by atoms with Gasteiger partial charge in [0.05, 0.1) is 31.3 Å². The number of aliphatic hydroxyl groups is 10. The second-order valence-corrected chi connectivity index (χ2v) is 24.7. The summed E-state index contributed by atoms with van der Waals surface area (Å²) >= 11 is 0. The van der Waals surface area contributed by atoms with E-state index >= 15 is 0 Å². The van der Waals surface area contributed by atoms with Crippen LogP contribution in [0.2, 0.25) is 0 Å². The van der Waals surface area contributed by atoms with E-state index in [0.717, 1.165) is 51.4 Å². The van der Waals surface area contributed by atoms with Crippen LogP contribution in [0.4, 0.5) is 0 Å². The fourth-order valence-corrected chi connectivity index (χ4v) is 15.4. The minimum atomic E-state index is -1.85. The first kappa shape index (κ1) is 55.3. The molecule has 19 nitrogen and oxygen atoms in total. The Morgan fingerprint density at radius 2 is 1.27 bits per heavy atom. The highest BCUT2D eigenvalue weighted by Gasteiger charge is 2.70. The predicted octanol–water partition coefficient (Wildman–Crippen LogP) is 1.49. The molecule has 0 amide bonds. The second-order valence-electron chi connectivity index (χ2n) is 24.7. The number of esters is 2. The Morgan fingerprint density at radius 1 is 0.662 bits per heavy atom. The largest absolute Gasteiger partial charge is 0.464 e. The van der Waals surface area contributed by atoms with Crippen molar-refractivity contribution in [2.75, 3.05) is 19.8 Å². The van der Waals surface area contributed by atoms with Crippen molar-refractivity contribution in [1.29, 1.82) is 0 Å². The number of fused-ring (bicyclic) bond motifs is 7. The molecule has 0 radical (unpaired) electrons. The van der Waals surface area contributed by atoms with Crippen molar-refractivity contribution in [2.45, 2.75) is 231 Å². The summed E-state index contributed by atoms with van der Waals surface area (Å²) in [4.78, 5) is 28.2. The van der Waals surface area contributed by atoms with Crippen molar-refractivity contribution in [2.24, 2.45) is 50.2 Å². The maximum absolute atomic E-state index is 14.7. The van der Waals surface area contributed by atoms with Gasteiger partial charge in [-0.2, -0.15) is 0 Å². The van der Waals surface area contributed by atoms with Gasteiger partial charge in [-0.25, -0.2) is 4.79 Å². The summed E-state index contributed by atoms with van der Waals surface area (Å²) < 4.78 is 41.5. The quantitative estimate of drug-likeness (QED) is 0.0573. The lowest BCUT2D eigenvalue weighted by molar-refractivity contribution is -0.365.